The number of benzene rings is 3. The molecule has 5 heteroatoms. The fraction of sp³-hybridized carbons (Fsp3) is 0.208. The summed E-state index contributed by atoms with van der Waals surface area (Å²) >= 11 is 6.30. The molecule has 0 aromatic heterocycles. The minimum absolute atomic E-state index is 0.0841. The fourth-order valence-corrected chi connectivity index (χ4v) is 4.15. The molecule has 0 amide bonds. The number of ether oxygens (including phenoxy) is 2. The Morgan fingerprint density at radius 3 is 2.52 bits per heavy atom. The van der Waals surface area contributed by atoms with Gasteiger partial charge in [0.25, 0.3) is 0 Å². The summed E-state index contributed by atoms with van der Waals surface area (Å²) in [7, 11) is 1.67. The number of rotatable bonds is 3. The van der Waals surface area contributed by atoms with Crippen LogP contribution in [0.4, 0.5) is 0 Å². The van der Waals surface area contributed by atoms with E-state index in [1.807, 2.05) is 42.5 Å². The summed E-state index contributed by atoms with van der Waals surface area (Å²) in [5, 5.41) is 7.76. The van der Waals surface area contributed by atoms with E-state index in [4.69, 9.17) is 26.2 Å². The third-order valence-electron chi connectivity index (χ3n) is 5.54. The van der Waals surface area contributed by atoms with E-state index in [0.717, 1.165) is 40.3 Å². The lowest BCUT2D eigenvalue weighted by atomic mass is 9.95. The quantitative estimate of drug-likeness (QED) is 0.545. The molecule has 2 aliphatic heterocycles. The standard InChI is InChI=1S/C24H21ClN2O2/c1-15-3-5-16(6-4-15)21-14-22-20-13-18(25)9-12-23(20)29-24(27(22)26-21)17-7-10-19(28-2)11-8-17/h3-13,22,24H,14H2,1-2H3/t22-,24+/m1/s1. The molecule has 0 saturated carbocycles. The summed E-state index contributed by atoms with van der Waals surface area (Å²) in [6.07, 6.45) is 0.509. The highest BCUT2D eigenvalue weighted by Gasteiger charge is 2.41. The summed E-state index contributed by atoms with van der Waals surface area (Å²) in [6.45, 7) is 2.09. The molecule has 0 aliphatic carbocycles. The van der Waals surface area contributed by atoms with Gasteiger partial charge in [-0.2, -0.15) is 5.10 Å². The Balaban J connectivity index is 1.58. The van der Waals surface area contributed by atoms with Crippen molar-refractivity contribution in [3.05, 3.63) is 94.0 Å². The van der Waals surface area contributed by atoms with E-state index in [9.17, 15) is 0 Å². The fourth-order valence-electron chi connectivity index (χ4n) is 3.97. The third kappa shape index (κ3) is 3.23. The van der Waals surface area contributed by atoms with Gasteiger partial charge in [-0.05, 0) is 55.0 Å². The molecular weight excluding hydrogens is 384 g/mol. The van der Waals surface area contributed by atoms with Crippen LogP contribution in [0, 0.1) is 6.92 Å². The van der Waals surface area contributed by atoms with Crippen LogP contribution in [0.1, 0.15) is 40.9 Å². The first-order valence-corrected chi connectivity index (χ1v) is 10.0. The largest absolute Gasteiger partial charge is 0.497 e. The minimum atomic E-state index is -0.303. The van der Waals surface area contributed by atoms with Crippen LogP contribution in [0.3, 0.4) is 0 Å². The van der Waals surface area contributed by atoms with Gasteiger partial charge in [-0.25, -0.2) is 5.01 Å². The maximum Gasteiger partial charge on any atom is 0.213 e. The summed E-state index contributed by atoms with van der Waals surface area (Å²) in [4.78, 5) is 0. The Hall–Kier alpha value is -2.98. The van der Waals surface area contributed by atoms with Gasteiger partial charge in [0, 0.05) is 22.6 Å². The molecule has 0 unspecified atom stereocenters. The van der Waals surface area contributed by atoms with Crippen molar-refractivity contribution in [2.45, 2.75) is 25.6 Å². The monoisotopic (exact) mass is 404 g/mol. The van der Waals surface area contributed by atoms with Crippen LogP contribution >= 0.6 is 11.6 Å². The van der Waals surface area contributed by atoms with Crippen LogP contribution < -0.4 is 9.47 Å². The van der Waals surface area contributed by atoms with Crippen LogP contribution in [0.5, 0.6) is 11.5 Å². The van der Waals surface area contributed by atoms with Gasteiger partial charge < -0.3 is 9.47 Å². The molecule has 0 spiro atoms. The number of nitrogens with zero attached hydrogens (tertiary/aromatic N) is 2. The minimum Gasteiger partial charge on any atom is -0.497 e. The van der Waals surface area contributed by atoms with Gasteiger partial charge in [-0.3, -0.25) is 0 Å². The first-order chi connectivity index (χ1) is 14.1. The van der Waals surface area contributed by atoms with Crippen LogP contribution in [-0.4, -0.2) is 17.8 Å². The van der Waals surface area contributed by atoms with E-state index in [1.165, 1.54) is 5.56 Å². The number of hydrogen-bond donors (Lipinski definition) is 0. The molecule has 5 rings (SSSR count). The molecule has 29 heavy (non-hydrogen) atoms. The highest BCUT2D eigenvalue weighted by molar-refractivity contribution is 6.30. The zero-order chi connectivity index (χ0) is 20.0. The summed E-state index contributed by atoms with van der Waals surface area (Å²) < 4.78 is 11.7. The number of fused-ring (bicyclic) bond motifs is 3. The summed E-state index contributed by atoms with van der Waals surface area (Å²) in [5.74, 6) is 1.68. The zero-order valence-electron chi connectivity index (χ0n) is 16.3. The van der Waals surface area contributed by atoms with Crippen molar-refractivity contribution in [1.29, 1.82) is 0 Å². The second-order valence-electron chi connectivity index (χ2n) is 7.44. The van der Waals surface area contributed by atoms with Crippen molar-refractivity contribution in [2.75, 3.05) is 7.11 Å². The molecule has 146 valence electrons. The maximum absolute atomic E-state index is 6.38. The van der Waals surface area contributed by atoms with Crippen LogP contribution in [0.15, 0.2) is 71.8 Å². The Bertz CT molecular complexity index is 1080. The first kappa shape index (κ1) is 18.1. The molecule has 3 aromatic rings. The van der Waals surface area contributed by atoms with Gasteiger partial charge in [0.05, 0.1) is 18.9 Å². The molecule has 0 fully saturated rings. The Morgan fingerprint density at radius 1 is 1.03 bits per heavy atom. The maximum atomic E-state index is 6.38. The number of hydrogen-bond acceptors (Lipinski definition) is 4. The number of halogens is 1. The third-order valence-corrected chi connectivity index (χ3v) is 5.77. The van der Waals surface area contributed by atoms with E-state index >= 15 is 0 Å². The van der Waals surface area contributed by atoms with Crippen molar-refractivity contribution in [2.24, 2.45) is 5.10 Å². The SMILES string of the molecule is COc1ccc([C@@H]2Oc3ccc(Cl)cc3[C@H]3CC(c4ccc(C)cc4)=NN32)cc1. The molecule has 2 aliphatic rings. The predicted molar refractivity (Wildman–Crippen MR) is 115 cm³/mol. The van der Waals surface area contributed by atoms with Crippen molar-refractivity contribution >= 4 is 17.3 Å². The predicted octanol–water partition coefficient (Wildman–Crippen LogP) is 5.90. The second-order valence-corrected chi connectivity index (χ2v) is 7.87. The smallest absolute Gasteiger partial charge is 0.213 e. The average Bonchev–Trinajstić information content (AvgIpc) is 3.20. The van der Waals surface area contributed by atoms with Gasteiger partial charge in [-0.15, -0.1) is 0 Å². The van der Waals surface area contributed by atoms with E-state index < -0.39 is 0 Å². The van der Waals surface area contributed by atoms with Gasteiger partial charge in [0.15, 0.2) is 0 Å². The van der Waals surface area contributed by atoms with E-state index in [0.29, 0.717) is 5.02 Å². The van der Waals surface area contributed by atoms with Gasteiger partial charge >= 0.3 is 0 Å². The molecule has 0 saturated heterocycles. The first-order valence-electron chi connectivity index (χ1n) is 9.65. The van der Waals surface area contributed by atoms with Crippen molar-refractivity contribution < 1.29 is 9.47 Å². The average molecular weight is 405 g/mol. The highest BCUT2D eigenvalue weighted by Crippen LogP contribution is 2.48. The molecule has 0 N–H and O–H groups in total. The van der Waals surface area contributed by atoms with Crippen molar-refractivity contribution in [3.63, 3.8) is 0 Å². The van der Waals surface area contributed by atoms with Crippen molar-refractivity contribution in [3.8, 4) is 11.5 Å². The lowest BCUT2D eigenvalue weighted by molar-refractivity contribution is -0.0190. The van der Waals surface area contributed by atoms with Gasteiger partial charge in [-0.1, -0.05) is 41.4 Å². The topological polar surface area (TPSA) is 34.1 Å². The molecule has 2 atom stereocenters. The lowest BCUT2D eigenvalue weighted by Gasteiger charge is -2.38. The van der Waals surface area contributed by atoms with Gasteiger partial charge in [0.1, 0.15) is 11.5 Å². The van der Waals surface area contributed by atoms with Gasteiger partial charge in [0.2, 0.25) is 6.23 Å². The van der Waals surface area contributed by atoms with E-state index in [1.54, 1.807) is 7.11 Å². The second kappa shape index (κ2) is 7.12. The van der Waals surface area contributed by atoms with Crippen LogP contribution in [-0.2, 0) is 0 Å². The Kier molecular flexibility index (Phi) is 4.44. The highest BCUT2D eigenvalue weighted by atomic mass is 35.5. The zero-order valence-corrected chi connectivity index (χ0v) is 17.1. The molecule has 0 radical (unpaired) electrons. The molecular formula is C24H21ClN2O2. The molecule has 0 bridgehead atoms. The summed E-state index contributed by atoms with van der Waals surface area (Å²) in [5.41, 5.74) is 5.55. The number of methoxy groups -OCH3 is 1. The molecule has 2 heterocycles. The van der Waals surface area contributed by atoms with Crippen LogP contribution in [0.2, 0.25) is 5.02 Å². The van der Waals surface area contributed by atoms with Crippen molar-refractivity contribution in [1.82, 2.24) is 5.01 Å². The number of hydrazone groups is 1. The molecule has 4 nitrogen and oxygen atoms in total. The van der Waals surface area contributed by atoms with E-state index in [-0.39, 0.29) is 12.3 Å². The van der Waals surface area contributed by atoms with Crippen LogP contribution in [0.25, 0.3) is 0 Å². The lowest BCUT2D eigenvalue weighted by Crippen LogP contribution is -2.33. The molecule has 3 aromatic carbocycles. The Labute approximate surface area is 175 Å². The Morgan fingerprint density at radius 2 is 1.79 bits per heavy atom. The normalized spacial score (nSPS) is 19.8. The summed E-state index contributed by atoms with van der Waals surface area (Å²) in [6, 6.07) is 22.4. The van der Waals surface area contributed by atoms with E-state index in [2.05, 4.69) is 36.2 Å². The number of aryl methyl sites for hydroxylation is 1.